The van der Waals surface area contributed by atoms with Gasteiger partial charge in [0.25, 0.3) is 0 Å². The number of H-pyrrole nitrogens is 1. The van der Waals surface area contributed by atoms with E-state index in [2.05, 4.69) is 29.4 Å². The van der Waals surface area contributed by atoms with Crippen LogP contribution in [0.2, 0.25) is 0 Å². The first-order valence-corrected chi connectivity index (χ1v) is 8.04. The van der Waals surface area contributed by atoms with Gasteiger partial charge in [-0.2, -0.15) is 5.10 Å². The van der Waals surface area contributed by atoms with E-state index in [1.165, 1.54) is 25.7 Å². The van der Waals surface area contributed by atoms with Gasteiger partial charge in [-0.25, -0.2) is 0 Å². The van der Waals surface area contributed by atoms with E-state index in [0.717, 1.165) is 41.8 Å². The molecule has 0 aliphatic carbocycles. The molecule has 0 bridgehead atoms. The van der Waals surface area contributed by atoms with Gasteiger partial charge < -0.3 is 9.73 Å². The summed E-state index contributed by atoms with van der Waals surface area (Å²) in [5.41, 5.74) is 2.15. The van der Waals surface area contributed by atoms with Crippen LogP contribution in [0.4, 0.5) is 0 Å². The van der Waals surface area contributed by atoms with E-state index in [-0.39, 0.29) is 0 Å². The maximum absolute atomic E-state index is 5.67. The lowest BCUT2D eigenvalue weighted by molar-refractivity contribution is 0.419. The predicted molar refractivity (Wildman–Crippen MR) is 86.0 cm³/mol. The van der Waals surface area contributed by atoms with Gasteiger partial charge in [0.1, 0.15) is 11.5 Å². The molecule has 2 aromatic rings. The van der Waals surface area contributed by atoms with E-state index in [9.17, 15) is 0 Å². The molecule has 0 radical (unpaired) electrons. The van der Waals surface area contributed by atoms with Crippen LogP contribution in [0.25, 0.3) is 11.5 Å². The van der Waals surface area contributed by atoms with Gasteiger partial charge in [-0.05, 0) is 37.9 Å². The molecule has 1 unspecified atom stereocenters. The molecule has 0 aromatic carbocycles. The Kier molecular flexibility index (Phi) is 6.05. The average Bonchev–Trinajstić information content (AvgIpc) is 3.11. The molecule has 21 heavy (non-hydrogen) atoms. The zero-order valence-electron chi connectivity index (χ0n) is 13.4. The van der Waals surface area contributed by atoms with Crippen molar-refractivity contribution in [3.8, 4) is 11.5 Å². The smallest absolute Gasteiger partial charge is 0.152 e. The van der Waals surface area contributed by atoms with Gasteiger partial charge in [0.05, 0.1) is 6.20 Å². The van der Waals surface area contributed by atoms with E-state index in [1.807, 2.05) is 25.3 Å². The fourth-order valence-corrected chi connectivity index (χ4v) is 2.58. The van der Waals surface area contributed by atoms with Crippen LogP contribution in [0.3, 0.4) is 0 Å². The third-order valence-corrected chi connectivity index (χ3v) is 4.00. The van der Waals surface area contributed by atoms with Gasteiger partial charge in [0.2, 0.25) is 0 Å². The number of unbranched alkanes of at least 4 members (excludes halogenated alkanes) is 1. The summed E-state index contributed by atoms with van der Waals surface area (Å²) in [4.78, 5) is 0. The summed E-state index contributed by atoms with van der Waals surface area (Å²) in [5, 5.41) is 10.8. The first kappa shape index (κ1) is 15.8. The van der Waals surface area contributed by atoms with Crippen molar-refractivity contribution in [3.05, 3.63) is 29.7 Å². The summed E-state index contributed by atoms with van der Waals surface area (Å²) < 4.78 is 5.67. The first-order chi connectivity index (χ1) is 10.2. The minimum absolute atomic E-state index is 0.770. The average molecular weight is 289 g/mol. The highest BCUT2D eigenvalue weighted by molar-refractivity contribution is 5.56. The lowest BCUT2D eigenvalue weighted by Gasteiger charge is -2.15. The van der Waals surface area contributed by atoms with Crippen LogP contribution in [0, 0.1) is 12.8 Å². The topological polar surface area (TPSA) is 53.9 Å². The van der Waals surface area contributed by atoms with E-state index in [4.69, 9.17) is 4.42 Å². The van der Waals surface area contributed by atoms with Crippen LogP contribution in [0.1, 0.15) is 50.9 Å². The zero-order valence-corrected chi connectivity index (χ0v) is 13.4. The summed E-state index contributed by atoms with van der Waals surface area (Å²) in [5.74, 6) is 2.55. The predicted octanol–water partition coefficient (Wildman–Crippen LogP) is 4.28. The molecular formula is C17H27N3O. The Bertz CT molecular complexity index is 530. The quantitative estimate of drug-likeness (QED) is 0.724. The van der Waals surface area contributed by atoms with Gasteiger partial charge in [-0.15, -0.1) is 0 Å². The molecule has 0 aliphatic rings. The maximum atomic E-state index is 5.67. The highest BCUT2D eigenvalue weighted by Crippen LogP contribution is 2.23. The number of aromatic amines is 1. The number of hydrogen-bond acceptors (Lipinski definition) is 3. The molecule has 0 aliphatic heterocycles. The number of hydrogen-bond donors (Lipinski definition) is 2. The Morgan fingerprint density at radius 2 is 2.19 bits per heavy atom. The van der Waals surface area contributed by atoms with Gasteiger partial charge >= 0.3 is 0 Å². The molecule has 0 saturated carbocycles. The SMILES string of the molecule is CCCCC(CC)CNCc1cn[nH]c1-c1ccc(C)o1. The van der Waals surface area contributed by atoms with E-state index in [0.29, 0.717) is 0 Å². The van der Waals surface area contributed by atoms with E-state index < -0.39 is 0 Å². The molecule has 0 amide bonds. The van der Waals surface area contributed by atoms with Crippen LogP contribution in [0.15, 0.2) is 22.7 Å². The summed E-state index contributed by atoms with van der Waals surface area (Å²) >= 11 is 0. The van der Waals surface area contributed by atoms with Crippen molar-refractivity contribution in [2.75, 3.05) is 6.54 Å². The molecule has 4 nitrogen and oxygen atoms in total. The maximum Gasteiger partial charge on any atom is 0.152 e. The van der Waals surface area contributed by atoms with Gasteiger partial charge in [0, 0.05) is 12.1 Å². The normalized spacial score (nSPS) is 12.7. The van der Waals surface area contributed by atoms with Gasteiger partial charge in [-0.3, -0.25) is 5.10 Å². The number of nitrogens with zero attached hydrogens (tertiary/aromatic N) is 1. The van der Waals surface area contributed by atoms with Crippen molar-refractivity contribution in [3.63, 3.8) is 0 Å². The van der Waals surface area contributed by atoms with Crippen molar-refractivity contribution >= 4 is 0 Å². The van der Waals surface area contributed by atoms with E-state index >= 15 is 0 Å². The molecule has 0 fully saturated rings. The van der Waals surface area contributed by atoms with Gasteiger partial charge in [0.15, 0.2) is 5.76 Å². The standard InChI is InChI=1S/C17H27N3O/c1-4-6-7-14(5-2)10-18-11-15-12-19-20-17(15)16-9-8-13(3)21-16/h8-9,12,14,18H,4-7,10-11H2,1-3H3,(H,19,20). The zero-order chi connectivity index (χ0) is 15.1. The fraction of sp³-hybridized carbons (Fsp3) is 0.588. The third-order valence-electron chi connectivity index (χ3n) is 4.00. The second-order valence-electron chi connectivity index (χ2n) is 5.73. The monoisotopic (exact) mass is 289 g/mol. The minimum atomic E-state index is 0.770. The molecule has 2 rings (SSSR count). The number of aromatic nitrogens is 2. The molecule has 2 aromatic heterocycles. The highest BCUT2D eigenvalue weighted by atomic mass is 16.3. The minimum Gasteiger partial charge on any atom is -0.460 e. The van der Waals surface area contributed by atoms with Crippen LogP contribution in [-0.4, -0.2) is 16.7 Å². The molecular weight excluding hydrogens is 262 g/mol. The third kappa shape index (κ3) is 4.46. The second kappa shape index (κ2) is 8.03. The van der Waals surface area contributed by atoms with Crippen molar-refractivity contribution in [1.29, 1.82) is 0 Å². The van der Waals surface area contributed by atoms with Crippen LogP contribution >= 0.6 is 0 Å². The number of nitrogens with one attached hydrogen (secondary N) is 2. The molecule has 1 atom stereocenters. The van der Waals surface area contributed by atoms with Crippen LogP contribution in [0.5, 0.6) is 0 Å². The summed E-state index contributed by atoms with van der Waals surface area (Å²) in [7, 11) is 0. The van der Waals surface area contributed by atoms with Crippen molar-refractivity contribution in [2.24, 2.45) is 5.92 Å². The number of furan rings is 1. The lowest BCUT2D eigenvalue weighted by atomic mass is 9.99. The lowest BCUT2D eigenvalue weighted by Crippen LogP contribution is -2.22. The Labute approximate surface area is 127 Å². The van der Waals surface area contributed by atoms with Crippen molar-refractivity contribution in [2.45, 2.75) is 53.0 Å². The summed E-state index contributed by atoms with van der Waals surface area (Å²) in [6, 6.07) is 3.97. The van der Waals surface area contributed by atoms with Gasteiger partial charge in [-0.1, -0.05) is 33.1 Å². The van der Waals surface area contributed by atoms with Crippen LogP contribution < -0.4 is 5.32 Å². The first-order valence-electron chi connectivity index (χ1n) is 8.04. The fourth-order valence-electron chi connectivity index (χ4n) is 2.58. The Morgan fingerprint density at radius 1 is 1.33 bits per heavy atom. The van der Waals surface area contributed by atoms with Crippen LogP contribution in [-0.2, 0) is 6.54 Å². The van der Waals surface area contributed by atoms with E-state index in [1.54, 1.807) is 0 Å². The Morgan fingerprint density at radius 3 is 2.86 bits per heavy atom. The highest BCUT2D eigenvalue weighted by Gasteiger charge is 2.11. The molecule has 2 heterocycles. The summed E-state index contributed by atoms with van der Waals surface area (Å²) in [6.07, 6.45) is 7.04. The number of rotatable bonds is 9. The molecule has 116 valence electrons. The molecule has 0 spiro atoms. The van der Waals surface area contributed by atoms with Crippen molar-refractivity contribution in [1.82, 2.24) is 15.5 Å². The summed E-state index contributed by atoms with van der Waals surface area (Å²) in [6.45, 7) is 8.38. The molecule has 0 saturated heterocycles. The molecule has 2 N–H and O–H groups in total. The largest absolute Gasteiger partial charge is 0.460 e. The Balaban J connectivity index is 1.88. The molecule has 4 heteroatoms. The number of aryl methyl sites for hydroxylation is 1. The second-order valence-corrected chi connectivity index (χ2v) is 5.73. The van der Waals surface area contributed by atoms with Crippen molar-refractivity contribution < 1.29 is 4.42 Å². The Hall–Kier alpha value is -1.55.